The van der Waals surface area contributed by atoms with Gasteiger partial charge in [0.2, 0.25) is 0 Å². The van der Waals surface area contributed by atoms with Crippen LogP contribution in [0.5, 0.6) is 5.75 Å². The number of rotatable bonds is 0. The summed E-state index contributed by atoms with van der Waals surface area (Å²) in [5.74, 6) is -0.696. The molecule has 0 atom stereocenters. The van der Waals surface area contributed by atoms with Gasteiger partial charge in [-0.25, -0.2) is 4.39 Å². The van der Waals surface area contributed by atoms with Gasteiger partial charge < -0.3 is 5.11 Å². The lowest BCUT2D eigenvalue weighted by atomic mass is 9.93. The normalized spacial score (nSPS) is 18.0. The molecule has 0 bridgehead atoms. The molecule has 0 amide bonds. The van der Waals surface area contributed by atoms with Gasteiger partial charge in [-0.2, -0.15) is 5.26 Å². The van der Waals surface area contributed by atoms with Crippen LogP contribution in [0.4, 0.5) is 4.39 Å². The molecule has 132 valence electrons. The Hall–Kier alpha value is -4.04. The van der Waals surface area contributed by atoms with Crippen molar-refractivity contribution in [2.24, 2.45) is 0 Å². The van der Waals surface area contributed by atoms with E-state index in [1.54, 1.807) is 30.5 Å². The Morgan fingerprint density at radius 2 is 1.82 bits per heavy atom. The van der Waals surface area contributed by atoms with Gasteiger partial charge in [0, 0.05) is 40.1 Å². The van der Waals surface area contributed by atoms with Crippen molar-refractivity contribution in [3.8, 4) is 23.1 Å². The van der Waals surface area contributed by atoms with Crippen molar-refractivity contribution >= 4 is 16.9 Å². The predicted molar refractivity (Wildman–Crippen MR) is 102 cm³/mol. The summed E-state index contributed by atoms with van der Waals surface area (Å²) in [5.41, 5.74) is 4.52. The second kappa shape index (κ2) is 5.73. The van der Waals surface area contributed by atoms with Gasteiger partial charge >= 0.3 is 0 Å². The summed E-state index contributed by atoms with van der Waals surface area (Å²) in [6.45, 7) is 0. The van der Waals surface area contributed by atoms with Crippen LogP contribution < -0.4 is 0 Å². The first-order chi connectivity index (χ1) is 13.6. The number of hydrogen-bond donors (Lipinski definition) is 1. The zero-order valence-corrected chi connectivity index (χ0v) is 14.4. The molecule has 2 aliphatic carbocycles. The number of phenolic OH excluding ortho intramolecular Hbond substituents is 1. The second-order valence-corrected chi connectivity index (χ2v) is 6.56. The fraction of sp³-hybridized carbons (Fsp3) is 0. The number of nitrogens with zero attached hydrogens (tertiary/aromatic N) is 2. The number of Topliss-reactive ketones (excluding diaryl/α,β-unsaturated/α-hetero) is 1. The fourth-order valence-corrected chi connectivity index (χ4v) is 4.01. The molecule has 3 aromatic rings. The maximum atomic E-state index is 13.9. The first-order valence-electron chi connectivity index (χ1n) is 8.59. The summed E-state index contributed by atoms with van der Waals surface area (Å²) in [6, 6.07) is 14.6. The average Bonchev–Trinajstić information content (AvgIpc) is 3.15. The molecule has 0 radical (unpaired) electrons. The van der Waals surface area contributed by atoms with Crippen molar-refractivity contribution < 1.29 is 14.3 Å². The van der Waals surface area contributed by atoms with E-state index in [0.29, 0.717) is 50.2 Å². The molecular formula is C23H11FN2O2. The van der Waals surface area contributed by atoms with Crippen LogP contribution in [-0.2, 0) is 0 Å². The Balaban J connectivity index is 1.93. The van der Waals surface area contributed by atoms with Gasteiger partial charge in [0.1, 0.15) is 11.6 Å². The third-order valence-corrected chi connectivity index (χ3v) is 5.10. The van der Waals surface area contributed by atoms with Crippen molar-refractivity contribution in [2.75, 3.05) is 0 Å². The Morgan fingerprint density at radius 1 is 1.00 bits per heavy atom. The molecule has 0 fully saturated rings. The van der Waals surface area contributed by atoms with E-state index in [4.69, 9.17) is 0 Å². The van der Waals surface area contributed by atoms with Crippen LogP contribution in [-0.4, -0.2) is 15.9 Å². The molecule has 28 heavy (non-hydrogen) atoms. The number of carbonyl (C=O) groups excluding carboxylic acids is 1. The predicted octanol–water partition coefficient (Wildman–Crippen LogP) is 4.51. The fourth-order valence-electron chi connectivity index (χ4n) is 4.01. The molecule has 2 aromatic carbocycles. The largest absolute Gasteiger partial charge is 0.507 e. The summed E-state index contributed by atoms with van der Waals surface area (Å²) < 4.78 is 13.9. The van der Waals surface area contributed by atoms with Gasteiger partial charge in [-0.3, -0.25) is 9.78 Å². The molecule has 0 spiro atoms. The number of aromatic nitrogens is 1. The Morgan fingerprint density at radius 3 is 2.64 bits per heavy atom. The molecule has 0 saturated carbocycles. The van der Waals surface area contributed by atoms with E-state index in [1.165, 1.54) is 24.3 Å². The third-order valence-electron chi connectivity index (χ3n) is 5.10. The van der Waals surface area contributed by atoms with Gasteiger partial charge in [0.15, 0.2) is 5.78 Å². The lowest BCUT2D eigenvalue weighted by Gasteiger charge is -2.08. The molecule has 1 aromatic heterocycles. The highest BCUT2D eigenvalue weighted by Crippen LogP contribution is 2.52. The molecule has 1 heterocycles. The smallest absolute Gasteiger partial charge is 0.194 e. The van der Waals surface area contributed by atoms with Gasteiger partial charge in [-0.1, -0.05) is 18.2 Å². The maximum Gasteiger partial charge on any atom is 0.194 e. The topological polar surface area (TPSA) is 74.0 Å². The zero-order chi connectivity index (χ0) is 19.4. The van der Waals surface area contributed by atoms with Gasteiger partial charge in [-0.05, 0) is 41.5 Å². The zero-order valence-electron chi connectivity index (χ0n) is 14.4. The number of ketones is 1. The highest BCUT2D eigenvalue weighted by molar-refractivity contribution is 6.32. The minimum absolute atomic E-state index is 0.0628. The number of benzene rings is 2. The van der Waals surface area contributed by atoms with Crippen LogP contribution in [0, 0.1) is 17.1 Å². The molecule has 5 heteroatoms. The number of allylic oxidation sites excluding steroid dienone is 3. The van der Waals surface area contributed by atoms with Crippen LogP contribution >= 0.6 is 0 Å². The number of hydrogen-bond acceptors (Lipinski definition) is 4. The standard InChI is InChI=1S/C23H11FN2O2/c24-12-6-7-14-17(11-12)13(8-9-25)21(23(14)28)19-15-3-1-5-18(27)20(15)22-16(19)4-2-10-26-22/h1-8,10-11,27H/b13-8?,21-19-. The Bertz CT molecular complexity index is 1310. The second-order valence-electron chi connectivity index (χ2n) is 6.56. The van der Waals surface area contributed by atoms with Crippen molar-refractivity contribution in [2.45, 2.75) is 0 Å². The average molecular weight is 366 g/mol. The monoisotopic (exact) mass is 366 g/mol. The molecule has 1 N–H and O–H groups in total. The van der Waals surface area contributed by atoms with Crippen LogP contribution in [0.15, 0.2) is 66.4 Å². The van der Waals surface area contributed by atoms with Gasteiger partial charge in [-0.15, -0.1) is 0 Å². The Kier molecular flexibility index (Phi) is 3.31. The van der Waals surface area contributed by atoms with Crippen LogP contribution in [0.2, 0.25) is 0 Å². The van der Waals surface area contributed by atoms with E-state index in [0.717, 1.165) is 0 Å². The van der Waals surface area contributed by atoms with Crippen molar-refractivity contribution in [1.82, 2.24) is 4.98 Å². The van der Waals surface area contributed by atoms with E-state index < -0.39 is 5.82 Å². The molecule has 0 aliphatic heterocycles. The molecule has 0 unspecified atom stereocenters. The number of phenols is 1. The lowest BCUT2D eigenvalue weighted by molar-refractivity contribution is 0.104. The minimum atomic E-state index is -0.479. The number of nitriles is 1. The molecule has 2 aliphatic rings. The number of aromatic hydroxyl groups is 1. The highest BCUT2D eigenvalue weighted by atomic mass is 19.1. The number of carbonyl (C=O) groups is 1. The van der Waals surface area contributed by atoms with E-state index in [1.807, 2.05) is 12.1 Å². The molecule has 0 saturated heterocycles. The SMILES string of the molecule is N#CC=C1/C(=C2/c3cccnc3-c3c(O)cccc32)C(=O)c2ccc(F)cc21. The van der Waals surface area contributed by atoms with Crippen LogP contribution in [0.25, 0.3) is 22.4 Å². The van der Waals surface area contributed by atoms with E-state index in [2.05, 4.69) is 4.98 Å². The van der Waals surface area contributed by atoms with E-state index >= 15 is 0 Å². The third kappa shape index (κ3) is 2.03. The van der Waals surface area contributed by atoms with Gasteiger partial charge in [0.05, 0.1) is 17.3 Å². The minimum Gasteiger partial charge on any atom is -0.507 e. The summed E-state index contributed by atoms with van der Waals surface area (Å²) >= 11 is 0. The van der Waals surface area contributed by atoms with Crippen molar-refractivity contribution in [3.05, 3.63) is 94.4 Å². The number of fused-ring (bicyclic) bond motifs is 4. The first-order valence-corrected chi connectivity index (χ1v) is 8.59. The van der Waals surface area contributed by atoms with E-state index in [-0.39, 0.29) is 11.5 Å². The summed E-state index contributed by atoms with van der Waals surface area (Å²) in [6.07, 6.45) is 2.89. The van der Waals surface area contributed by atoms with Gasteiger partial charge in [0.25, 0.3) is 0 Å². The quantitative estimate of drug-likeness (QED) is 0.367. The summed E-state index contributed by atoms with van der Waals surface area (Å²) in [7, 11) is 0. The maximum absolute atomic E-state index is 13.9. The Labute approximate surface area is 159 Å². The van der Waals surface area contributed by atoms with Crippen molar-refractivity contribution in [3.63, 3.8) is 0 Å². The summed E-state index contributed by atoms with van der Waals surface area (Å²) in [4.78, 5) is 17.7. The number of pyridine rings is 1. The summed E-state index contributed by atoms with van der Waals surface area (Å²) in [5, 5.41) is 19.7. The van der Waals surface area contributed by atoms with E-state index in [9.17, 15) is 19.6 Å². The molecular weight excluding hydrogens is 355 g/mol. The van der Waals surface area contributed by atoms with Crippen LogP contribution in [0.3, 0.4) is 0 Å². The highest BCUT2D eigenvalue weighted by Gasteiger charge is 2.37. The number of halogens is 1. The molecule has 5 rings (SSSR count). The lowest BCUT2D eigenvalue weighted by Crippen LogP contribution is -2.00. The first kappa shape index (κ1) is 16.2. The van der Waals surface area contributed by atoms with Crippen molar-refractivity contribution in [1.29, 1.82) is 5.26 Å². The van der Waals surface area contributed by atoms with Crippen LogP contribution in [0.1, 0.15) is 27.0 Å². The molecule has 4 nitrogen and oxygen atoms in total.